The zero-order chi connectivity index (χ0) is 13.2. The van der Waals surface area contributed by atoms with Crippen LogP contribution < -0.4 is 5.32 Å². The van der Waals surface area contributed by atoms with Gasteiger partial charge in [-0.25, -0.2) is 4.98 Å². The van der Waals surface area contributed by atoms with Gasteiger partial charge in [-0.2, -0.15) is 0 Å². The first kappa shape index (κ1) is 15.1. The Labute approximate surface area is 109 Å². The Morgan fingerprint density at radius 3 is 2.89 bits per heavy atom. The summed E-state index contributed by atoms with van der Waals surface area (Å²) in [5, 5.41) is 3.37. The van der Waals surface area contributed by atoms with Crippen LogP contribution in [-0.2, 0) is 22.6 Å². The number of rotatable bonds is 10. The Hall–Kier alpha value is -0.910. The van der Waals surface area contributed by atoms with E-state index in [1.165, 1.54) is 0 Å². The Balaban J connectivity index is 2.19. The minimum Gasteiger partial charge on any atom is -0.385 e. The van der Waals surface area contributed by atoms with E-state index in [0.29, 0.717) is 6.04 Å². The molecule has 1 rings (SSSR count). The van der Waals surface area contributed by atoms with Crippen molar-refractivity contribution in [3.05, 3.63) is 18.2 Å². The largest absolute Gasteiger partial charge is 0.385 e. The van der Waals surface area contributed by atoms with Crippen LogP contribution in [0.25, 0.3) is 0 Å². The van der Waals surface area contributed by atoms with Gasteiger partial charge < -0.3 is 19.4 Å². The SMILES string of the molecule is COCCCOCCn1ccnc1CNC(C)C. The Bertz CT molecular complexity index is 313. The van der Waals surface area contributed by atoms with Crippen LogP contribution in [0, 0.1) is 0 Å². The molecule has 0 amide bonds. The lowest BCUT2D eigenvalue weighted by Gasteiger charge is -2.11. The monoisotopic (exact) mass is 255 g/mol. The molecule has 18 heavy (non-hydrogen) atoms. The number of aromatic nitrogens is 2. The van der Waals surface area contributed by atoms with Gasteiger partial charge in [0.1, 0.15) is 5.82 Å². The lowest BCUT2D eigenvalue weighted by atomic mass is 10.4. The van der Waals surface area contributed by atoms with Crippen molar-refractivity contribution in [2.75, 3.05) is 26.9 Å². The van der Waals surface area contributed by atoms with E-state index in [0.717, 1.165) is 45.2 Å². The Morgan fingerprint density at radius 1 is 1.33 bits per heavy atom. The maximum atomic E-state index is 5.54. The van der Waals surface area contributed by atoms with E-state index in [1.54, 1.807) is 7.11 Å². The van der Waals surface area contributed by atoms with Crippen LogP contribution in [-0.4, -0.2) is 42.5 Å². The van der Waals surface area contributed by atoms with Crippen LogP contribution in [0.5, 0.6) is 0 Å². The number of hydrogen-bond donors (Lipinski definition) is 1. The molecule has 1 heterocycles. The maximum absolute atomic E-state index is 5.54. The standard InChI is InChI=1S/C13H25N3O2/c1-12(2)15-11-13-14-5-6-16(13)7-10-18-9-4-8-17-3/h5-6,12,15H,4,7-11H2,1-3H3. The predicted octanol–water partition coefficient (Wildman–Crippen LogP) is 1.43. The van der Waals surface area contributed by atoms with Crippen molar-refractivity contribution in [3.8, 4) is 0 Å². The highest BCUT2D eigenvalue weighted by molar-refractivity contribution is 4.92. The fraction of sp³-hybridized carbons (Fsp3) is 0.769. The average Bonchev–Trinajstić information content (AvgIpc) is 2.78. The molecule has 0 fully saturated rings. The van der Waals surface area contributed by atoms with Crippen molar-refractivity contribution in [2.45, 2.75) is 39.4 Å². The van der Waals surface area contributed by atoms with Crippen LogP contribution in [0.4, 0.5) is 0 Å². The minimum atomic E-state index is 0.473. The summed E-state index contributed by atoms with van der Waals surface area (Å²) >= 11 is 0. The molecule has 0 bridgehead atoms. The summed E-state index contributed by atoms with van der Waals surface area (Å²) in [7, 11) is 1.71. The minimum absolute atomic E-state index is 0.473. The molecular weight excluding hydrogens is 230 g/mol. The molecule has 0 aliphatic carbocycles. The van der Waals surface area contributed by atoms with Crippen molar-refractivity contribution in [1.29, 1.82) is 0 Å². The average molecular weight is 255 g/mol. The summed E-state index contributed by atoms with van der Waals surface area (Å²) in [5.74, 6) is 1.06. The van der Waals surface area contributed by atoms with Gasteiger partial charge in [0, 0.05) is 45.3 Å². The third-order valence-corrected chi connectivity index (χ3v) is 2.58. The van der Waals surface area contributed by atoms with Gasteiger partial charge in [0.15, 0.2) is 0 Å². The number of hydrogen-bond acceptors (Lipinski definition) is 4. The van der Waals surface area contributed by atoms with E-state index in [9.17, 15) is 0 Å². The van der Waals surface area contributed by atoms with Crippen molar-refractivity contribution in [3.63, 3.8) is 0 Å². The number of methoxy groups -OCH3 is 1. The highest BCUT2D eigenvalue weighted by Crippen LogP contribution is 1.98. The third kappa shape index (κ3) is 6.14. The third-order valence-electron chi connectivity index (χ3n) is 2.58. The smallest absolute Gasteiger partial charge is 0.122 e. The van der Waals surface area contributed by atoms with Gasteiger partial charge in [0.25, 0.3) is 0 Å². The molecule has 0 radical (unpaired) electrons. The van der Waals surface area contributed by atoms with E-state index in [1.807, 2.05) is 12.4 Å². The molecule has 0 aliphatic heterocycles. The molecule has 5 heteroatoms. The quantitative estimate of drug-likeness (QED) is 0.643. The summed E-state index contributed by atoms with van der Waals surface area (Å²) in [5.41, 5.74) is 0. The lowest BCUT2D eigenvalue weighted by molar-refractivity contribution is 0.0972. The zero-order valence-corrected chi connectivity index (χ0v) is 11.7. The molecule has 0 unspecified atom stereocenters. The van der Waals surface area contributed by atoms with Gasteiger partial charge in [0.2, 0.25) is 0 Å². The second kappa shape index (κ2) is 9.08. The second-order valence-electron chi connectivity index (χ2n) is 4.53. The van der Waals surface area contributed by atoms with Crippen LogP contribution in [0.15, 0.2) is 12.4 Å². The highest BCUT2D eigenvalue weighted by Gasteiger charge is 2.03. The van der Waals surface area contributed by atoms with Crippen molar-refractivity contribution in [1.82, 2.24) is 14.9 Å². The Morgan fingerprint density at radius 2 is 2.17 bits per heavy atom. The van der Waals surface area contributed by atoms with Crippen LogP contribution >= 0.6 is 0 Å². The Kier molecular flexibility index (Phi) is 7.64. The molecule has 5 nitrogen and oxygen atoms in total. The zero-order valence-electron chi connectivity index (χ0n) is 11.7. The summed E-state index contributed by atoms with van der Waals surface area (Å²) < 4.78 is 12.6. The molecule has 1 aromatic heterocycles. The first-order valence-corrected chi connectivity index (χ1v) is 6.54. The maximum Gasteiger partial charge on any atom is 0.122 e. The predicted molar refractivity (Wildman–Crippen MR) is 71.5 cm³/mol. The van der Waals surface area contributed by atoms with E-state index < -0.39 is 0 Å². The van der Waals surface area contributed by atoms with E-state index >= 15 is 0 Å². The van der Waals surface area contributed by atoms with E-state index in [2.05, 4.69) is 28.7 Å². The molecule has 0 saturated carbocycles. The topological polar surface area (TPSA) is 48.3 Å². The van der Waals surface area contributed by atoms with Gasteiger partial charge in [0.05, 0.1) is 13.2 Å². The molecule has 0 aromatic carbocycles. The van der Waals surface area contributed by atoms with Gasteiger partial charge in [-0.15, -0.1) is 0 Å². The molecular formula is C13H25N3O2. The molecule has 0 spiro atoms. The highest BCUT2D eigenvalue weighted by atomic mass is 16.5. The van der Waals surface area contributed by atoms with Gasteiger partial charge >= 0.3 is 0 Å². The lowest BCUT2D eigenvalue weighted by Crippen LogP contribution is -2.24. The van der Waals surface area contributed by atoms with Crippen LogP contribution in [0.2, 0.25) is 0 Å². The first-order valence-electron chi connectivity index (χ1n) is 6.54. The van der Waals surface area contributed by atoms with Gasteiger partial charge in [-0.05, 0) is 6.42 Å². The molecule has 0 aliphatic rings. The van der Waals surface area contributed by atoms with E-state index in [-0.39, 0.29) is 0 Å². The number of nitrogens with one attached hydrogen (secondary N) is 1. The van der Waals surface area contributed by atoms with Crippen molar-refractivity contribution < 1.29 is 9.47 Å². The number of imidazole rings is 1. The molecule has 1 aromatic rings. The molecule has 1 N–H and O–H groups in total. The summed E-state index contributed by atoms with van der Waals surface area (Å²) in [6.45, 7) is 8.14. The van der Waals surface area contributed by atoms with Crippen LogP contribution in [0.3, 0.4) is 0 Å². The summed E-state index contributed by atoms with van der Waals surface area (Å²) in [6.07, 6.45) is 4.78. The number of nitrogens with zero attached hydrogens (tertiary/aromatic N) is 2. The first-order chi connectivity index (χ1) is 8.74. The van der Waals surface area contributed by atoms with E-state index in [4.69, 9.17) is 9.47 Å². The van der Waals surface area contributed by atoms with Crippen LogP contribution in [0.1, 0.15) is 26.1 Å². The van der Waals surface area contributed by atoms with Crippen molar-refractivity contribution in [2.24, 2.45) is 0 Å². The fourth-order valence-electron chi connectivity index (χ4n) is 1.58. The molecule has 0 atom stereocenters. The second-order valence-corrected chi connectivity index (χ2v) is 4.53. The van der Waals surface area contributed by atoms with Crippen molar-refractivity contribution >= 4 is 0 Å². The number of ether oxygens (including phenoxy) is 2. The summed E-state index contributed by atoms with van der Waals surface area (Å²) in [4.78, 5) is 4.34. The molecule has 0 saturated heterocycles. The fourth-order valence-corrected chi connectivity index (χ4v) is 1.58. The van der Waals surface area contributed by atoms with Gasteiger partial charge in [-0.1, -0.05) is 13.8 Å². The summed E-state index contributed by atoms with van der Waals surface area (Å²) in [6, 6.07) is 0.473. The van der Waals surface area contributed by atoms with Gasteiger partial charge in [-0.3, -0.25) is 0 Å². The molecule has 104 valence electrons. The normalized spacial score (nSPS) is 11.3.